The molecule has 0 amide bonds. The molecule has 1 aliphatic carbocycles. The molecule has 30 heavy (non-hydrogen) atoms. The van der Waals surface area contributed by atoms with Crippen LogP contribution in [0.15, 0.2) is 65.9 Å². The second kappa shape index (κ2) is 6.95. The van der Waals surface area contributed by atoms with Crippen LogP contribution in [0.1, 0.15) is 41.4 Å². The third-order valence-electron chi connectivity index (χ3n) is 5.82. The van der Waals surface area contributed by atoms with Gasteiger partial charge in [-0.3, -0.25) is 4.79 Å². The molecule has 0 radical (unpaired) electrons. The van der Waals surface area contributed by atoms with Crippen molar-refractivity contribution in [1.82, 2.24) is 9.97 Å². The lowest BCUT2D eigenvalue weighted by Gasteiger charge is -2.36. The molecule has 1 aliphatic heterocycles. The number of carbonyl (C=O) groups excluding carboxylic acids is 1. The summed E-state index contributed by atoms with van der Waals surface area (Å²) in [6, 6.07) is 16.1. The van der Waals surface area contributed by atoms with Gasteiger partial charge in [-0.2, -0.15) is 9.97 Å². The standard InChI is InChI=1S/C23H20FN5O/c24-15-8-6-13(7-9-15)18-19-16(27-22-20(18)21(25)28-23(26)29-22)10-14(11-17(19)30)12-4-2-1-3-5-12/h1-9,14,18H,10-11H2,(H5,25,26,27,28,29)/t14-,18+/m0/s1. The fraction of sp³-hybridized carbons (Fsp3) is 0.174. The Balaban J connectivity index is 1.67. The van der Waals surface area contributed by atoms with E-state index in [2.05, 4.69) is 15.3 Å². The molecule has 0 fully saturated rings. The highest BCUT2D eigenvalue weighted by Gasteiger charge is 2.40. The molecule has 5 rings (SSSR count). The van der Waals surface area contributed by atoms with Crippen LogP contribution in [-0.4, -0.2) is 15.8 Å². The second-order valence-electron chi connectivity index (χ2n) is 7.67. The van der Waals surface area contributed by atoms with Crippen molar-refractivity contribution >= 4 is 23.4 Å². The van der Waals surface area contributed by atoms with Crippen LogP contribution in [0, 0.1) is 5.82 Å². The van der Waals surface area contributed by atoms with Crippen LogP contribution in [0.4, 0.5) is 22.0 Å². The number of Topliss-reactive ketones (excluding diaryl/α,β-unsaturated/α-hetero) is 1. The predicted octanol–water partition coefficient (Wildman–Crippen LogP) is 3.74. The number of nitrogens with one attached hydrogen (secondary N) is 1. The molecule has 2 aliphatic rings. The first-order valence-electron chi connectivity index (χ1n) is 9.78. The zero-order valence-corrected chi connectivity index (χ0v) is 16.1. The predicted molar refractivity (Wildman–Crippen MR) is 113 cm³/mol. The molecule has 5 N–H and O–H groups in total. The van der Waals surface area contributed by atoms with E-state index < -0.39 is 5.92 Å². The van der Waals surface area contributed by atoms with Crippen molar-refractivity contribution in [1.29, 1.82) is 0 Å². The van der Waals surface area contributed by atoms with Gasteiger partial charge in [-0.15, -0.1) is 0 Å². The van der Waals surface area contributed by atoms with E-state index in [0.29, 0.717) is 29.8 Å². The lowest BCUT2D eigenvalue weighted by atomic mass is 9.72. The molecule has 2 heterocycles. The van der Waals surface area contributed by atoms with E-state index in [1.54, 1.807) is 12.1 Å². The molecule has 3 aromatic rings. The minimum Gasteiger partial charge on any atom is -0.383 e. The molecule has 0 saturated heterocycles. The first-order chi connectivity index (χ1) is 14.5. The number of ketones is 1. The number of allylic oxidation sites excluding steroid dienone is 2. The smallest absolute Gasteiger partial charge is 0.223 e. The van der Waals surface area contributed by atoms with E-state index >= 15 is 0 Å². The Morgan fingerprint density at radius 1 is 0.933 bits per heavy atom. The number of rotatable bonds is 2. The third-order valence-corrected chi connectivity index (χ3v) is 5.82. The number of nitrogens with two attached hydrogens (primary N) is 2. The van der Waals surface area contributed by atoms with Gasteiger partial charge in [-0.25, -0.2) is 4.39 Å². The van der Waals surface area contributed by atoms with Crippen molar-refractivity contribution in [2.24, 2.45) is 0 Å². The summed E-state index contributed by atoms with van der Waals surface area (Å²) in [5, 5.41) is 3.30. The van der Waals surface area contributed by atoms with Gasteiger partial charge in [0.2, 0.25) is 5.95 Å². The SMILES string of the molecule is Nc1nc(N)c2c(n1)NC1=C(C(=O)C[C@@H](c3ccccc3)C1)[C@H]2c1ccc(F)cc1. The zero-order valence-electron chi connectivity index (χ0n) is 16.1. The van der Waals surface area contributed by atoms with Crippen molar-refractivity contribution in [3.63, 3.8) is 0 Å². The molecular formula is C23H20FN5O. The number of nitrogens with zero attached hydrogens (tertiary/aromatic N) is 2. The Morgan fingerprint density at radius 3 is 2.40 bits per heavy atom. The van der Waals surface area contributed by atoms with Gasteiger partial charge in [0.15, 0.2) is 5.78 Å². The molecule has 0 unspecified atom stereocenters. The van der Waals surface area contributed by atoms with Gasteiger partial charge in [-0.1, -0.05) is 42.5 Å². The number of aromatic nitrogens is 2. The fourth-order valence-electron chi connectivity index (χ4n) is 4.51. The fourth-order valence-corrected chi connectivity index (χ4v) is 4.51. The van der Waals surface area contributed by atoms with Gasteiger partial charge in [0.25, 0.3) is 0 Å². The number of nitrogen functional groups attached to an aromatic ring is 2. The largest absolute Gasteiger partial charge is 0.383 e. The van der Waals surface area contributed by atoms with Crippen LogP contribution in [-0.2, 0) is 4.79 Å². The van der Waals surface area contributed by atoms with Crippen LogP contribution >= 0.6 is 0 Å². The van der Waals surface area contributed by atoms with Crippen LogP contribution < -0.4 is 16.8 Å². The zero-order chi connectivity index (χ0) is 20.8. The number of fused-ring (bicyclic) bond motifs is 1. The lowest BCUT2D eigenvalue weighted by molar-refractivity contribution is -0.116. The Kier molecular flexibility index (Phi) is 4.24. The Bertz CT molecular complexity index is 1170. The third kappa shape index (κ3) is 2.99. The number of benzene rings is 2. The number of anilines is 3. The Morgan fingerprint density at radius 2 is 1.67 bits per heavy atom. The minimum atomic E-state index is -0.471. The maximum Gasteiger partial charge on any atom is 0.223 e. The molecule has 0 spiro atoms. The van der Waals surface area contributed by atoms with Crippen molar-refractivity contribution < 1.29 is 9.18 Å². The summed E-state index contributed by atoms with van der Waals surface area (Å²) in [5.74, 6) is 0.0518. The molecule has 2 aromatic carbocycles. The highest BCUT2D eigenvalue weighted by molar-refractivity contribution is 6.02. The van der Waals surface area contributed by atoms with Gasteiger partial charge in [0.05, 0.1) is 0 Å². The number of halogens is 1. The molecule has 2 atom stereocenters. The molecule has 6 nitrogen and oxygen atoms in total. The van der Waals surface area contributed by atoms with Crippen molar-refractivity contribution in [3.05, 3.63) is 88.4 Å². The van der Waals surface area contributed by atoms with Crippen LogP contribution in [0.3, 0.4) is 0 Å². The van der Waals surface area contributed by atoms with E-state index in [1.807, 2.05) is 30.3 Å². The maximum absolute atomic E-state index is 13.6. The molecule has 0 saturated carbocycles. The quantitative estimate of drug-likeness (QED) is 0.604. The average Bonchev–Trinajstić information content (AvgIpc) is 2.73. The molecule has 1 aromatic heterocycles. The van der Waals surface area contributed by atoms with Gasteiger partial charge >= 0.3 is 0 Å². The van der Waals surface area contributed by atoms with Gasteiger partial charge in [0.1, 0.15) is 17.5 Å². The highest BCUT2D eigenvalue weighted by atomic mass is 19.1. The average molecular weight is 401 g/mol. The second-order valence-corrected chi connectivity index (χ2v) is 7.67. The van der Waals surface area contributed by atoms with E-state index in [4.69, 9.17) is 11.5 Å². The molecule has 0 bridgehead atoms. The van der Waals surface area contributed by atoms with Crippen LogP contribution in [0.2, 0.25) is 0 Å². The van der Waals surface area contributed by atoms with Crippen molar-refractivity contribution in [2.75, 3.05) is 16.8 Å². The topological polar surface area (TPSA) is 107 Å². The summed E-state index contributed by atoms with van der Waals surface area (Å²) >= 11 is 0. The first-order valence-corrected chi connectivity index (χ1v) is 9.78. The molecule has 150 valence electrons. The summed E-state index contributed by atoms with van der Waals surface area (Å²) in [4.78, 5) is 21.8. The summed E-state index contributed by atoms with van der Waals surface area (Å²) in [7, 11) is 0. The highest BCUT2D eigenvalue weighted by Crippen LogP contribution is 2.48. The van der Waals surface area contributed by atoms with Gasteiger partial charge in [0, 0.05) is 29.2 Å². The lowest BCUT2D eigenvalue weighted by Crippen LogP contribution is -2.31. The summed E-state index contributed by atoms with van der Waals surface area (Å²) in [5.41, 5.74) is 16.0. The number of hydrogen-bond donors (Lipinski definition) is 3. The van der Waals surface area contributed by atoms with Crippen LogP contribution in [0.5, 0.6) is 0 Å². The van der Waals surface area contributed by atoms with Crippen LogP contribution in [0.25, 0.3) is 0 Å². The first kappa shape index (κ1) is 18.3. The number of carbonyl (C=O) groups is 1. The summed E-state index contributed by atoms with van der Waals surface area (Å²) < 4.78 is 13.6. The van der Waals surface area contributed by atoms with Crippen molar-refractivity contribution in [3.8, 4) is 0 Å². The van der Waals surface area contributed by atoms with E-state index in [9.17, 15) is 9.18 Å². The van der Waals surface area contributed by atoms with Gasteiger partial charge < -0.3 is 16.8 Å². The molecule has 7 heteroatoms. The number of hydrogen-bond acceptors (Lipinski definition) is 6. The van der Waals surface area contributed by atoms with E-state index in [-0.39, 0.29) is 29.3 Å². The monoisotopic (exact) mass is 401 g/mol. The Hall–Kier alpha value is -3.74. The minimum absolute atomic E-state index is 0.0359. The van der Waals surface area contributed by atoms with Crippen molar-refractivity contribution in [2.45, 2.75) is 24.7 Å². The Labute approximate surface area is 172 Å². The summed E-state index contributed by atoms with van der Waals surface area (Å²) in [6.45, 7) is 0. The normalized spacial score (nSPS) is 20.4. The maximum atomic E-state index is 13.6. The summed E-state index contributed by atoms with van der Waals surface area (Å²) in [6.07, 6.45) is 1.05. The van der Waals surface area contributed by atoms with E-state index in [1.165, 1.54) is 12.1 Å². The van der Waals surface area contributed by atoms with Gasteiger partial charge in [-0.05, 0) is 35.6 Å². The molecular weight excluding hydrogens is 381 g/mol. The van der Waals surface area contributed by atoms with E-state index in [0.717, 1.165) is 16.8 Å².